The number of thioether (sulfide) groups is 1. The third-order valence-electron chi connectivity index (χ3n) is 4.35. The van der Waals surface area contributed by atoms with Crippen LogP contribution in [-0.4, -0.2) is 63.8 Å². The molecule has 0 bridgehead atoms. The number of methoxy groups -OCH3 is 1. The van der Waals surface area contributed by atoms with E-state index in [1.54, 1.807) is 7.11 Å². The molecule has 1 aromatic heterocycles. The topological polar surface area (TPSA) is 95.5 Å². The highest BCUT2D eigenvalue weighted by Crippen LogP contribution is 2.19. The molecule has 1 saturated heterocycles. The molecule has 2 atom stereocenters. The summed E-state index contributed by atoms with van der Waals surface area (Å²) in [4.78, 5) is 14.3. The first-order valence-corrected chi connectivity index (χ1v) is 9.83. The van der Waals surface area contributed by atoms with E-state index in [9.17, 15) is 4.79 Å². The summed E-state index contributed by atoms with van der Waals surface area (Å²) in [6.07, 6.45) is 0.662. The lowest BCUT2D eigenvalue weighted by Crippen LogP contribution is -2.48. The Balaban J connectivity index is 1.57. The van der Waals surface area contributed by atoms with E-state index >= 15 is 0 Å². The fourth-order valence-electron chi connectivity index (χ4n) is 3.05. The van der Waals surface area contributed by atoms with Crippen molar-refractivity contribution in [3.8, 4) is 5.75 Å². The van der Waals surface area contributed by atoms with E-state index < -0.39 is 0 Å². The fourth-order valence-corrected chi connectivity index (χ4v) is 3.83. The second-order valence-electron chi connectivity index (χ2n) is 6.64. The van der Waals surface area contributed by atoms with Crippen LogP contribution in [0.5, 0.6) is 5.75 Å². The molecule has 1 fully saturated rings. The zero-order chi connectivity index (χ0) is 19.4. The molecule has 0 unspecified atom stereocenters. The Kier molecular flexibility index (Phi) is 6.22. The molecule has 2 aromatic rings. The Morgan fingerprint density at radius 2 is 1.93 bits per heavy atom. The van der Waals surface area contributed by atoms with E-state index in [1.165, 1.54) is 16.4 Å². The number of nitrogens with two attached hydrogens (primary N) is 1. The minimum Gasteiger partial charge on any atom is -0.497 e. The van der Waals surface area contributed by atoms with E-state index in [2.05, 4.69) is 10.2 Å². The molecule has 1 aromatic carbocycles. The number of amides is 1. The Morgan fingerprint density at radius 3 is 2.56 bits per heavy atom. The van der Waals surface area contributed by atoms with Crippen LogP contribution in [0.4, 0.5) is 0 Å². The minimum atomic E-state index is 0.0527. The summed E-state index contributed by atoms with van der Waals surface area (Å²) >= 11 is 1.30. The summed E-state index contributed by atoms with van der Waals surface area (Å²) in [5.41, 5.74) is 1.05. The van der Waals surface area contributed by atoms with Gasteiger partial charge in [0.2, 0.25) is 11.1 Å². The number of nitrogen functional groups attached to an aromatic ring is 1. The maximum absolute atomic E-state index is 12.5. The van der Waals surface area contributed by atoms with Gasteiger partial charge < -0.3 is 20.2 Å². The van der Waals surface area contributed by atoms with Crippen molar-refractivity contribution in [1.82, 2.24) is 19.8 Å². The van der Waals surface area contributed by atoms with Gasteiger partial charge in [-0.2, -0.15) is 0 Å². The van der Waals surface area contributed by atoms with Crippen molar-refractivity contribution >= 4 is 17.7 Å². The average Bonchev–Trinajstić information content (AvgIpc) is 2.99. The lowest BCUT2D eigenvalue weighted by Gasteiger charge is -2.35. The van der Waals surface area contributed by atoms with E-state index in [-0.39, 0.29) is 23.9 Å². The second kappa shape index (κ2) is 8.62. The van der Waals surface area contributed by atoms with Crippen LogP contribution in [0.3, 0.4) is 0 Å². The third kappa shape index (κ3) is 4.92. The molecule has 9 heteroatoms. The lowest BCUT2D eigenvalue weighted by molar-refractivity contribution is -0.140. The van der Waals surface area contributed by atoms with Gasteiger partial charge >= 0.3 is 0 Å². The Bertz CT molecular complexity index is 770. The van der Waals surface area contributed by atoms with Crippen LogP contribution in [-0.2, 0) is 16.0 Å². The van der Waals surface area contributed by atoms with Crippen LogP contribution in [0.25, 0.3) is 0 Å². The molecule has 27 heavy (non-hydrogen) atoms. The fraction of sp³-hybridized carbons (Fsp3) is 0.500. The Morgan fingerprint density at radius 1 is 1.26 bits per heavy atom. The van der Waals surface area contributed by atoms with Gasteiger partial charge in [0.15, 0.2) is 5.82 Å². The van der Waals surface area contributed by atoms with Crippen molar-refractivity contribution in [2.45, 2.75) is 37.6 Å². The molecule has 1 aliphatic heterocycles. The monoisotopic (exact) mass is 391 g/mol. The van der Waals surface area contributed by atoms with E-state index in [1.807, 2.05) is 43.0 Å². The van der Waals surface area contributed by atoms with E-state index in [4.69, 9.17) is 15.3 Å². The lowest BCUT2D eigenvalue weighted by atomic mass is 10.1. The molecule has 0 radical (unpaired) electrons. The third-order valence-corrected chi connectivity index (χ3v) is 5.28. The van der Waals surface area contributed by atoms with Crippen LogP contribution in [0.15, 0.2) is 29.4 Å². The number of rotatable bonds is 6. The van der Waals surface area contributed by atoms with Gasteiger partial charge in [0.25, 0.3) is 0 Å². The first-order valence-electron chi connectivity index (χ1n) is 8.84. The van der Waals surface area contributed by atoms with Gasteiger partial charge in [-0.3, -0.25) is 4.79 Å². The number of nitrogens with zero attached hydrogens (tertiary/aromatic N) is 4. The van der Waals surface area contributed by atoms with Crippen LogP contribution in [0.1, 0.15) is 25.2 Å². The van der Waals surface area contributed by atoms with E-state index in [0.717, 1.165) is 11.3 Å². The molecule has 0 aliphatic carbocycles. The summed E-state index contributed by atoms with van der Waals surface area (Å²) in [7, 11) is 1.63. The maximum atomic E-state index is 12.5. The first-order chi connectivity index (χ1) is 13.0. The zero-order valence-electron chi connectivity index (χ0n) is 15.8. The molecule has 2 N–H and O–H groups in total. The van der Waals surface area contributed by atoms with Crippen molar-refractivity contribution in [3.05, 3.63) is 35.7 Å². The molecule has 8 nitrogen and oxygen atoms in total. The molecule has 0 spiro atoms. The van der Waals surface area contributed by atoms with Gasteiger partial charge in [-0.05, 0) is 31.5 Å². The highest BCUT2D eigenvalue weighted by molar-refractivity contribution is 7.99. The van der Waals surface area contributed by atoms with Gasteiger partial charge in [-0.25, -0.2) is 4.68 Å². The summed E-state index contributed by atoms with van der Waals surface area (Å²) < 4.78 is 12.3. The van der Waals surface area contributed by atoms with Gasteiger partial charge in [-0.15, -0.1) is 10.2 Å². The predicted molar refractivity (Wildman–Crippen MR) is 103 cm³/mol. The summed E-state index contributed by atoms with van der Waals surface area (Å²) in [5, 5.41) is 8.81. The van der Waals surface area contributed by atoms with Crippen LogP contribution in [0.2, 0.25) is 0 Å². The number of morpholine rings is 1. The van der Waals surface area contributed by atoms with Gasteiger partial charge in [0.05, 0.1) is 25.1 Å². The van der Waals surface area contributed by atoms with Gasteiger partial charge in [0.1, 0.15) is 5.75 Å². The smallest absolute Gasteiger partial charge is 0.233 e. The van der Waals surface area contributed by atoms with Crippen molar-refractivity contribution in [1.29, 1.82) is 0 Å². The van der Waals surface area contributed by atoms with Crippen molar-refractivity contribution in [2.24, 2.45) is 0 Å². The number of hydrogen-bond donors (Lipinski definition) is 1. The molecule has 0 saturated carbocycles. The number of ether oxygens (including phenoxy) is 2. The molecule has 146 valence electrons. The highest BCUT2D eigenvalue weighted by atomic mass is 32.2. The summed E-state index contributed by atoms with van der Waals surface area (Å²) in [6, 6.07) is 7.71. The average molecular weight is 391 g/mol. The highest BCUT2D eigenvalue weighted by Gasteiger charge is 2.26. The predicted octanol–water partition coefficient (Wildman–Crippen LogP) is 1.32. The Labute approximate surface area is 163 Å². The van der Waals surface area contributed by atoms with Gasteiger partial charge in [0, 0.05) is 19.5 Å². The van der Waals surface area contributed by atoms with Crippen molar-refractivity contribution in [3.63, 3.8) is 0 Å². The summed E-state index contributed by atoms with van der Waals surface area (Å²) in [5.74, 6) is 7.89. The maximum Gasteiger partial charge on any atom is 0.233 e. The molecule has 2 heterocycles. The number of carbonyl (C=O) groups is 1. The molecular weight excluding hydrogens is 366 g/mol. The SMILES string of the molecule is COc1ccc(Cc2nnc(SCC(=O)N3C[C@@H](C)O[C@H](C)C3)n2N)cc1. The number of carbonyl (C=O) groups excluding carboxylic acids is 1. The molecule has 3 rings (SSSR count). The molecular formula is C18H25N5O3S. The van der Waals surface area contributed by atoms with E-state index in [0.29, 0.717) is 30.5 Å². The quantitative estimate of drug-likeness (QED) is 0.586. The second-order valence-corrected chi connectivity index (χ2v) is 7.58. The summed E-state index contributed by atoms with van der Waals surface area (Å²) in [6.45, 7) is 5.18. The molecule has 1 aliphatic rings. The number of benzene rings is 1. The zero-order valence-corrected chi connectivity index (χ0v) is 16.6. The van der Waals surface area contributed by atoms with Crippen LogP contribution >= 0.6 is 11.8 Å². The Hall–Kier alpha value is -2.26. The van der Waals surface area contributed by atoms with Crippen molar-refractivity contribution < 1.29 is 14.3 Å². The molecule has 1 amide bonds. The number of aromatic nitrogens is 3. The largest absolute Gasteiger partial charge is 0.497 e. The minimum absolute atomic E-state index is 0.0527. The standard InChI is InChI=1S/C18H25N5O3S/c1-12-9-22(10-13(2)26-12)17(24)11-27-18-21-20-16(23(18)19)8-14-4-6-15(25-3)7-5-14/h4-7,12-13H,8-11,19H2,1-3H3/t12-,13-/m1/s1. The number of hydrogen-bond acceptors (Lipinski definition) is 7. The first kappa shape index (κ1) is 19.5. The normalized spacial score (nSPS) is 19.9. The van der Waals surface area contributed by atoms with Crippen LogP contribution in [0, 0.1) is 0 Å². The van der Waals surface area contributed by atoms with Crippen molar-refractivity contribution in [2.75, 3.05) is 31.8 Å². The van der Waals surface area contributed by atoms with Gasteiger partial charge in [-0.1, -0.05) is 23.9 Å². The van der Waals surface area contributed by atoms with Crippen LogP contribution < -0.4 is 10.6 Å².